The molecule has 1 unspecified atom stereocenters. The Morgan fingerprint density at radius 3 is 2.24 bits per heavy atom. The summed E-state index contributed by atoms with van der Waals surface area (Å²) >= 11 is 0. The Morgan fingerprint density at radius 1 is 1.06 bits per heavy atom. The van der Waals surface area contributed by atoms with Crippen molar-refractivity contribution in [3.05, 3.63) is 69.3 Å². The van der Waals surface area contributed by atoms with Crippen molar-refractivity contribution in [1.82, 2.24) is 0 Å². The van der Waals surface area contributed by atoms with E-state index < -0.39 is 6.10 Å². The lowest BCUT2D eigenvalue weighted by atomic mass is 9.85. The molecule has 0 saturated carbocycles. The molecule has 1 heterocycles. The maximum absolute atomic E-state index is 11.0. The van der Waals surface area contributed by atoms with Gasteiger partial charge in [-0.3, -0.25) is 10.1 Å². The fraction of sp³-hybridized carbons (Fsp3) is 0.556. The first-order valence-corrected chi connectivity index (χ1v) is 12.1. The van der Waals surface area contributed by atoms with Crippen LogP contribution in [0.15, 0.2) is 42.5 Å². The Morgan fingerprint density at radius 2 is 1.68 bits per heavy atom. The summed E-state index contributed by atoms with van der Waals surface area (Å²) in [5.74, 6) is 0.838. The quantitative estimate of drug-likeness (QED) is 0.350. The topological polar surface area (TPSA) is 72.6 Å². The van der Waals surface area contributed by atoms with Gasteiger partial charge < -0.3 is 26.7 Å². The number of halogens is 1. The van der Waals surface area contributed by atoms with Crippen molar-refractivity contribution < 1.29 is 31.7 Å². The van der Waals surface area contributed by atoms with Gasteiger partial charge >= 0.3 is 0 Å². The van der Waals surface area contributed by atoms with Crippen LogP contribution in [0, 0.1) is 17.0 Å². The summed E-state index contributed by atoms with van der Waals surface area (Å²) in [7, 11) is 0. The number of ether oxygens (including phenoxy) is 1. The highest BCUT2D eigenvalue weighted by Crippen LogP contribution is 2.32. The van der Waals surface area contributed by atoms with Gasteiger partial charge in [0.1, 0.15) is 31.5 Å². The summed E-state index contributed by atoms with van der Waals surface area (Å²) in [6, 6.07) is 13.1. The van der Waals surface area contributed by atoms with E-state index in [1.165, 1.54) is 18.4 Å². The highest BCUT2D eigenvalue weighted by atomic mass is 35.5. The highest BCUT2D eigenvalue weighted by molar-refractivity contribution is 5.41. The molecule has 1 aliphatic rings. The average molecular weight is 491 g/mol. The molecule has 0 amide bonds. The van der Waals surface area contributed by atoms with Crippen molar-refractivity contribution in [3.8, 4) is 5.75 Å². The van der Waals surface area contributed by atoms with E-state index in [1.807, 2.05) is 18.2 Å². The molecule has 1 saturated heterocycles. The minimum atomic E-state index is -0.588. The van der Waals surface area contributed by atoms with Gasteiger partial charge in [0.2, 0.25) is 0 Å². The van der Waals surface area contributed by atoms with Crippen LogP contribution in [-0.4, -0.2) is 46.9 Å². The minimum Gasteiger partial charge on any atom is -1.00 e. The molecule has 1 atom stereocenters. The molecule has 1 fully saturated rings. The largest absolute Gasteiger partial charge is 1.00 e. The molecule has 0 aliphatic carbocycles. The van der Waals surface area contributed by atoms with Crippen molar-refractivity contribution in [2.24, 2.45) is 0 Å². The zero-order valence-electron chi connectivity index (χ0n) is 20.9. The second kappa shape index (κ2) is 12.0. The van der Waals surface area contributed by atoms with Crippen molar-refractivity contribution in [1.29, 1.82) is 0 Å². The Labute approximate surface area is 210 Å². The molecular formula is C27H39ClN2O4. The molecular weight excluding hydrogens is 452 g/mol. The van der Waals surface area contributed by atoms with Gasteiger partial charge in [0.05, 0.1) is 18.0 Å². The van der Waals surface area contributed by atoms with E-state index in [4.69, 9.17) is 4.74 Å². The lowest BCUT2D eigenvalue weighted by molar-refractivity contribution is -0.942. The van der Waals surface area contributed by atoms with E-state index in [0.717, 1.165) is 53.8 Å². The summed E-state index contributed by atoms with van der Waals surface area (Å²) in [4.78, 5) is 10.6. The fourth-order valence-electron chi connectivity index (χ4n) is 4.92. The van der Waals surface area contributed by atoms with Crippen molar-refractivity contribution in [2.75, 3.05) is 26.2 Å². The van der Waals surface area contributed by atoms with Gasteiger partial charge in [-0.2, -0.15) is 0 Å². The third-order valence-corrected chi connectivity index (χ3v) is 6.65. The van der Waals surface area contributed by atoms with E-state index in [0.29, 0.717) is 6.54 Å². The normalized spacial score (nSPS) is 16.7. The lowest BCUT2D eigenvalue weighted by Crippen LogP contribution is -3.00. The Kier molecular flexibility index (Phi) is 9.92. The van der Waals surface area contributed by atoms with E-state index in [2.05, 4.69) is 39.8 Å². The Hall–Kier alpha value is -2.15. The molecule has 6 nitrogen and oxygen atoms in total. The molecule has 0 radical (unpaired) electrons. The summed E-state index contributed by atoms with van der Waals surface area (Å²) in [5, 5.41) is 22.0. The van der Waals surface area contributed by atoms with Crippen LogP contribution in [-0.2, 0) is 12.0 Å². The van der Waals surface area contributed by atoms with Crippen LogP contribution < -0.4 is 17.1 Å². The van der Waals surface area contributed by atoms with Crippen LogP contribution >= 0.6 is 0 Å². The first-order valence-electron chi connectivity index (χ1n) is 12.1. The van der Waals surface area contributed by atoms with E-state index in [1.54, 1.807) is 12.1 Å². The third-order valence-electron chi connectivity index (χ3n) is 6.65. The number of aliphatic hydroxyl groups excluding tert-OH is 1. The third kappa shape index (κ3) is 7.69. The second-order valence-corrected chi connectivity index (χ2v) is 10.7. The van der Waals surface area contributed by atoms with Gasteiger partial charge in [-0.15, -0.1) is 0 Å². The molecule has 1 N–H and O–H groups in total. The van der Waals surface area contributed by atoms with E-state index >= 15 is 0 Å². The maximum Gasteiger partial charge on any atom is 0.269 e. The van der Waals surface area contributed by atoms with Gasteiger partial charge in [-0.25, -0.2) is 0 Å². The number of aliphatic hydroxyl groups is 1. The van der Waals surface area contributed by atoms with Crippen LogP contribution in [0.2, 0.25) is 0 Å². The number of rotatable bonds is 8. The summed E-state index contributed by atoms with van der Waals surface area (Å²) < 4.78 is 6.95. The second-order valence-electron chi connectivity index (χ2n) is 10.7. The minimum absolute atomic E-state index is 0. The SMILES string of the molecule is Cc1ccc(OCC(O)C[N+]2(Cc3ccc([N+](=O)[O-])cc3)CCCCCC2)c(C(C)(C)C)c1.[Cl-]. The molecule has 0 aromatic heterocycles. The number of aryl methyl sites for hydroxylation is 1. The predicted octanol–water partition coefficient (Wildman–Crippen LogP) is 2.54. The van der Waals surface area contributed by atoms with Crippen molar-refractivity contribution >= 4 is 5.69 Å². The van der Waals surface area contributed by atoms with E-state index in [-0.39, 0.29) is 35.0 Å². The maximum atomic E-state index is 11.0. The number of hydrogen-bond acceptors (Lipinski definition) is 4. The van der Waals surface area contributed by atoms with Crippen LogP contribution in [0.25, 0.3) is 0 Å². The number of likely N-dealkylation sites (tertiary alicyclic amines) is 1. The van der Waals surface area contributed by atoms with Gasteiger partial charge in [0.15, 0.2) is 0 Å². The molecule has 188 valence electrons. The van der Waals surface area contributed by atoms with Crippen LogP contribution in [0.4, 0.5) is 5.69 Å². The number of hydrogen-bond donors (Lipinski definition) is 1. The molecule has 0 spiro atoms. The van der Waals surface area contributed by atoms with Gasteiger partial charge in [-0.05, 0) is 61.8 Å². The predicted molar refractivity (Wildman–Crippen MR) is 132 cm³/mol. The number of nitro groups is 1. The first kappa shape index (κ1) is 28.1. The molecule has 7 heteroatoms. The zero-order valence-corrected chi connectivity index (χ0v) is 21.7. The molecule has 2 aromatic rings. The average Bonchev–Trinajstić information content (AvgIpc) is 2.98. The molecule has 0 bridgehead atoms. The lowest BCUT2D eigenvalue weighted by Gasteiger charge is -2.39. The summed E-state index contributed by atoms with van der Waals surface area (Å²) in [5.41, 5.74) is 3.50. The molecule has 2 aromatic carbocycles. The number of nitro benzene ring substituents is 1. The van der Waals surface area contributed by atoms with E-state index in [9.17, 15) is 15.2 Å². The zero-order chi connectivity index (χ0) is 24.1. The molecule has 3 rings (SSSR count). The number of benzene rings is 2. The molecule has 1 aliphatic heterocycles. The van der Waals surface area contributed by atoms with Crippen molar-refractivity contribution in [2.45, 2.75) is 71.4 Å². The number of nitrogens with zero attached hydrogens (tertiary/aromatic N) is 2. The highest BCUT2D eigenvalue weighted by Gasteiger charge is 2.32. The molecule has 34 heavy (non-hydrogen) atoms. The number of quaternary nitrogens is 1. The van der Waals surface area contributed by atoms with Crippen LogP contribution in [0.3, 0.4) is 0 Å². The Balaban J connectivity index is 0.00000408. The van der Waals surface area contributed by atoms with Crippen LogP contribution in [0.1, 0.15) is 63.1 Å². The summed E-state index contributed by atoms with van der Waals surface area (Å²) in [6.45, 7) is 12.3. The van der Waals surface area contributed by atoms with Gasteiger partial charge in [0.25, 0.3) is 5.69 Å². The number of non-ortho nitro benzene ring substituents is 1. The smallest absolute Gasteiger partial charge is 0.269 e. The Bertz CT molecular complexity index is 933. The van der Waals surface area contributed by atoms with Gasteiger partial charge in [-0.1, -0.05) is 38.5 Å². The summed E-state index contributed by atoms with van der Waals surface area (Å²) in [6.07, 6.45) is 4.10. The standard InChI is InChI=1S/C27H39N2O4.ClH/c1-21-9-14-26(25(17-21)27(2,3)4)33-20-24(30)19-29(15-7-5-6-8-16-29)18-22-10-12-23(13-11-22)28(31)32;/h9-14,17,24,30H,5-8,15-16,18-20H2,1-4H3;1H/q+1;/p-1. The van der Waals surface area contributed by atoms with Gasteiger partial charge in [0, 0.05) is 17.7 Å². The first-order chi connectivity index (χ1) is 15.6. The van der Waals surface area contributed by atoms with Crippen LogP contribution in [0.5, 0.6) is 5.75 Å². The fourth-order valence-corrected chi connectivity index (χ4v) is 4.92. The monoisotopic (exact) mass is 490 g/mol. The van der Waals surface area contributed by atoms with Crippen molar-refractivity contribution in [3.63, 3.8) is 0 Å².